The summed E-state index contributed by atoms with van der Waals surface area (Å²) < 4.78 is 24.0. The Morgan fingerprint density at radius 1 is 1.40 bits per heavy atom. The summed E-state index contributed by atoms with van der Waals surface area (Å²) in [6.07, 6.45) is 5.33. The molecule has 4 aliphatic rings. The number of hydrogen-bond acceptors (Lipinski definition) is 2. The van der Waals surface area contributed by atoms with Crippen LogP contribution in [0.15, 0.2) is 34.9 Å². The molecule has 0 aliphatic heterocycles. The van der Waals surface area contributed by atoms with Crippen molar-refractivity contribution >= 4 is 5.78 Å². The van der Waals surface area contributed by atoms with Crippen LogP contribution in [0.25, 0.3) is 0 Å². The van der Waals surface area contributed by atoms with Gasteiger partial charge >= 0.3 is 0 Å². The number of hydrogen-bond donors (Lipinski definition) is 1. The van der Waals surface area contributed by atoms with Crippen molar-refractivity contribution in [1.82, 2.24) is 0 Å². The van der Waals surface area contributed by atoms with E-state index in [1.54, 1.807) is 0 Å². The Morgan fingerprint density at radius 2 is 2.25 bits per heavy atom. The van der Waals surface area contributed by atoms with Crippen molar-refractivity contribution in [3.05, 3.63) is 34.9 Å². The second-order valence-electron chi connectivity index (χ2n) is 6.76. The van der Waals surface area contributed by atoms with Crippen LogP contribution in [0.1, 0.15) is 49.5 Å². The minimum atomic E-state index is -1.96. The maximum Gasteiger partial charge on any atom is 0.156 e. The highest BCUT2D eigenvalue weighted by molar-refractivity contribution is 5.93. The summed E-state index contributed by atoms with van der Waals surface area (Å²) in [5.41, 5.74) is 2.56. The van der Waals surface area contributed by atoms with Gasteiger partial charge in [-0.2, -0.15) is 0 Å². The van der Waals surface area contributed by atoms with Crippen molar-refractivity contribution in [3.8, 4) is 0 Å². The molecule has 1 fully saturated rings. The van der Waals surface area contributed by atoms with Crippen molar-refractivity contribution in [2.45, 2.75) is 51.5 Å². The van der Waals surface area contributed by atoms with Crippen molar-refractivity contribution in [2.75, 3.05) is 0 Å². The lowest BCUT2D eigenvalue weighted by Crippen LogP contribution is -2.39. The van der Waals surface area contributed by atoms with Gasteiger partial charge in [0.05, 0.1) is 7.47 Å². The maximum atomic E-state index is 12.0. The van der Waals surface area contributed by atoms with E-state index in [-0.39, 0.29) is 24.0 Å². The molecule has 2 heteroatoms. The molecule has 0 amide bonds. The van der Waals surface area contributed by atoms with E-state index in [9.17, 15) is 9.90 Å². The fraction of sp³-hybridized carbons (Fsp3) is 0.611. The predicted molar refractivity (Wildman–Crippen MR) is 78.1 cm³/mol. The largest absolute Gasteiger partial charge is 0.392 e. The van der Waals surface area contributed by atoms with Gasteiger partial charge in [0.1, 0.15) is 0 Å². The van der Waals surface area contributed by atoms with Gasteiger partial charge in [-0.1, -0.05) is 19.1 Å². The van der Waals surface area contributed by atoms with Crippen LogP contribution in [-0.2, 0) is 4.79 Å². The number of ketones is 1. The maximum absolute atomic E-state index is 12.0. The average Bonchev–Trinajstić information content (AvgIpc) is 2.80. The summed E-state index contributed by atoms with van der Waals surface area (Å²) in [5.74, 6) is 0.0261. The first-order valence-electron chi connectivity index (χ1n) is 9.11. The van der Waals surface area contributed by atoms with Gasteiger partial charge in [0.15, 0.2) is 5.78 Å². The summed E-state index contributed by atoms with van der Waals surface area (Å²) in [7, 11) is 0. The van der Waals surface area contributed by atoms with E-state index in [4.69, 9.17) is 4.11 Å². The van der Waals surface area contributed by atoms with Gasteiger partial charge in [-0.25, -0.2) is 0 Å². The monoisotopic (exact) mass is 273 g/mol. The Kier molecular flexibility index (Phi) is 2.03. The number of fused-ring (bicyclic) bond motifs is 4. The minimum absolute atomic E-state index is 0.0890. The molecule has 106 valence electrons. The van der Waals surface area contributed by atoms with Gasteiger partial charge in [-0.05, 0) is 66.7 Å². The van der Waals surface area contributed by atoms with Gasteiger partial charge in [0, 0.05) is 14.5 Å². The van der Waals surface area contributed by atoms with Crippen LogP contribution in [-0.4, -0.2) is 17.0 Å². The summed E-state index contributed by atoms with van der Waals surface area (Å²) in [6, 6.07) is -0.129. The van der Waals surface area contributed by atoms with Gasteiger partial charge < -0.3 is 5.11 Å². The van der Waals surface area contributed by atoms with E-state index in [0.29, 0.717) is 18.3 Å². The Morgan fingerprint density at radius 3 is 3.10 bits per heavy atom. The topological polar surface area (TPSA) is 37.3 Å². The molecule has 0 aromatic heterocycles. The molecular weight excluding hydrogens is 248 g/mol. The van der Waals surface area contributed by atoms with E-state index in [1.807, 2.05) is 6.08 Å². The molecule has 4 aliphatic carbocycles. The standard InChI is InChI=1S/C18H22O2/c1-18-9-8-14-13-5-3-12(19)10-11(13)2-4-15(14)16(18)6-7-17(18)20/h8-10,15-17,20H,2-7H2,1H3/t15-,16+,17+,18+/m1/s1/i3D2,10D. The molecule has 0 spiro atoms. The SMILES string of the molecule is [2H]C1=C2CC[C@@H]3C(=C2CC([2H])([2H])C1=O)C=C[C@]1(C)[C@@H](O)CC[C@@H]31. The van der Waals surface area contributed by atoms with E-state index in [0.717, 1.165) is 36.0 Å². The lowest BCUT2D eigenvalue weighted by atomic mass is 9.60. The predicted octanol–water partition coefficient (Wildman–Crippen LogP) is 3.33. The molecule has 4 rings (SSSR count). The molecule has 2 nitrogen and oxygen atoms in total. The molecular formula is C18H22O2. The first kappa shape index (κ1) is 9.73. The van der Waals surface area contributed by atoms with Gasteiger partial charge in [-0.3, -0.25) is 4.79 Å². The number of aliphatic hydroxyl groups is 1. The molecule has 4 atom stereocenters. The highest BCUT2D eigenvalue weighted by Crippen LogP contribution is 2.57. The van der Waals surface area contributed by atoms with Crippen LogP contribution in [0.3, 0.4) is 0 Å². The van der Waals surface area contributed by atoms with Crippen LogP contribution in [0, 0.1) is 17.3 Å². The molecule has 1 saturated carbocycles. The zero-order valence-electron chi connectivity index (χ0n) is 14.8. The summed E-state index contributed by atoms with van der Waals surface area (Å²) in [5, 5.41) is 10.4. The third-order valence-electron chi connectivity index (χ3n) is 5.88. The fourth-order valence-electron chi connectivity index (χ4n) is 4.69. The summed E-state index contributed by atoms with van der Waals surface area (Å²) >= 11 is 0. The Labute approximate surface area is 124 Å². The van der Waals surface area contributed by atoms with Crippen molar-refractivity contribution in [1.29, 1.82) is 0 Å². The van der Waals surface area contributed by atoms with Crippen LogP contribution >= 0.6 is 0 Å². The average molecular weight is 273 g/mol. The molecule has 20 heavy (non-hydrogen) atoms. The summed E-state index contributed by atoms with van der Waals surface area (Å²) in [6.45, 7) is 2.12. The lowest BCUT2D eigenvalue weighted by molar-refractivity contribution is -0.114. The third kappa shape index (κ3) is 1.57. The van der Waals surface area contributed by atoms with Gasteiger partial charge in [-0.15, -0.1) is 0 Å². The lowest BCUT2D eigenvalue weighted by Gasteiger charge is -2.44. The molecule has 1 N–H and O–H groups in total. The van der Waals surface area contributed by atoms with Crippen LogP contribution < -0.4 is 0 Å². The number of carbonyl (C=O) groups excluding carboxylic acids is 1. The Hall–Kier alpha value is -1.15. The van der Waals surface area contributed by atoms with Crippen molar-refractivity contribution < 1.29 is 14.0 Å². The first-order chi connectivity index (χ1) is 10.8. The number of aliphatic hydroxyl groups excluding tert-OH is 1. The van der Waals surface area contributed by atoms with Crippen LogP contribution in [0.5, 0.6) is 0 Å². The second kappa shape index (κ2) is 4.17. The van der Waals surface area contributed by atoms with Crippen molar-refractivity contribution in [3.63, 3.8) is 0 Å². The Bertz CT molecular complexity index is 688. The van der Waals surface area contributed by atoms with E-state index in [1.165, 1.54) is 0 Å². The normalized spacial score (nSPS) is 48.2. The molecule has 0 heterocycles. The van der Waals surface area contributed by atoms with Crippen molar-refractivity contribution in [2.24, 2.45) is 17.3 Å². The molecule has 0 radical (unpaired) electrons. The van der Waals surface area contributed by atoms with Gasteiger partial charge in [0.25, 0.3) is 0 Å². The molecule has 0 unspecified atom stereocenters. The minimum Gasteiger partial charge on any atom is -0.392 e. The first-order valence-corrected chi connectivity index (χ1v) is 7.61. The third-order valence-corrected chi connectivity index (χ3v) is 5.88. The molecule has 0 aromatic carbocycles. The number of allylic oxidation sites excluding steroid dienone is 5. The number of rotatable bonds is 0. The smallest absolute Gasteiger partial charge is 0.156 e. The molecule has 0 saturated heterocycles. The number of carbonyl (C=O) groups is 1. The second-order valence-corrected chi connectivity index (χ2v) is 6.76. The van der Waals surface area contributed by atoms with E-state index >= 15 is 0 Å². The summed E-state index contributed by atoms with van der Waals surface area (Å²) in [4.78, 5) is 12.0. The van der Waals surface area contributed by atoms with Crippen LogP contribution in [0.2, 0.25) is 0 Å². The van der Waals surface area contributed by atoms with Crippen LogP contribution in [0.4, 0.5) is 0 Å². The zero-order chi connectivity index (χ0) is 16.6. The Balaban J connectivity index is 1.87. The molecule has 0 aromatic rings. The van der Waals surface area contributed by atoms with Gasteiger partial charge in [0.2, 0.25) is 0 Å². The quantitative estimate of drug-likeness (QED) is 0.735. The molecule has 0 bridgehead atoms. The highest BCUT2D eigenvalue weighted by Gasteiger charge is 2.51. The fourth-order valence-corrected chi connectivity index (χ4v) is 4.69. The van der Waals surface area contributed by atoms with E-state index in [2.05, 4.69) is 13.0 Å². The zero-order valence-corrected chi connectivity index (χ0v) is 11.8. The van der Waals surface area contributed by atoms with E-state index < -0.39 is 12.2 Å². The highest BCUT2D eigenvalue weighted by atomic mass is 16.3.